The van der Waals surface area contributed by atoms with Gasteiger partial charge in [-0.15, -0.1) is 0 Å². The molecule has 2 aliphatic carbocycles. The first kappa shape index (κ1) is 31.5. The summed E-state index contributed by atoms with van der Waals surface area (Å²) in [5.74, 6) is 0.380. The summed E-state index contributed by atoms with van der Waals surface area (Å²) in [7, 11) is 0. The van der Waals surface area contributed by atoms with Crippen LogP contribution in [0.2, 0.25) is 0 Å². The van der Waals surface area contributed by atoms with Crippen LogP contribution < -0.4 is 3.26 Å². The van der Waals surface area contributed by atoms with E-state index in [0.29, 0.717) is 0 Å². The van der Waals surface area contributed by atoms with Crippen LogP contribution in [-0.2, 0) is 24.9 Å². The Balaban J connectivity index is 1.57. The molecular formula is C40H48NOZr. The van der Waals surface area contributed by atoms with E-state index in [9.17, 15) is 4.79 Å². The van der Waals surface area contributed by atoms with Gasteiger partial charge < -0.3 is 0 Å². The molecule has 2 aliphatic rings. The first-order valence-electron chi connectivity index (χ1n) is 16.6. The van der Waals surface area contributed by atoms with Crippen molar-refractivity contribution in [3.05, 3.63) is 125 Å². The van der Waals surface area contributed by atoms with Gasteiger partial charge in [0.25, 0.3) is 0 Å². The molecule has 5 rings (SSSR count). The molecular weight excluding hydrogens is 602 g/mol. The third kappa shape index (κ3) is 8.18. The summed E-state index contributed by atoms with van der Waals surface area (Å²) >= 11 is -3.89. The van der Waals surface area contributed by atoms with Crippen molar-refractivity contribution in [2.75, 3.05) is 0 Å². The van der Waals surface area contributed by atoms with Crippen LogP contribution in [0, 0.1) is 5.92 Å². The van der Waals surface area contributed by atoms with Crippen LogP contribution in [0.1, 0.15) is 103 Å². The Morgan fingerprint density at radius 3 is 1.98 bits per heavy atom. The number of hydrogen-bond acceptors (Lipinski definition) is 1. The molecule has 3 aromatic rings. The summed E-state index contributed by atoms with van der Waals surface area (Å²) in [6.07, 6.45) is 24.8. The monoisotopic (exact) mass is 648 g/mol. The Bertz CT molecular complexity index is 1450. The molecule has 0 spiro atoms. The summed E-state index contributed by atoms with van der Waals surface area (Å²) < 4.78 is 7.92. The number of carbonyl (C=O) groups excluding carboxylic acids is 1. The fourth-order valence-corrected chi connectivity index (χ4v) is 17.4. The zero-order valence-electron chi connectivity index (χ0n) is 25.9. The minimum absolute atomic E-state index is 0.0907. The quantitative estimate of drug-likeness (QED) is 0.254. The Morgan fingerprint density at radius 2 is 1.33 bits per heavy atom. The SMILES string of the molecule is C[CH]=[Zr]([NH]C(=O)C1CCCCCCCCCCC1)([C](=CC=Cc1ccccc1)c1ccccc1)[CH]1C=Cc2ccccc21. The number of fused-ring (bicyclic) bond motifs is 1. The molecule has 2 unspecified atom stereocenters. The number of amides is 1. The van der Waals surface area contributed by atoms with Gasteiger partial charge in [0, 0.05) is 0 Å². The van der Waals surface area contributed by atoms with Crippen molar-refractivity contribution in [3.63, 3.8) is 0 Å². The number of nitrogens with one attached hydrogen (secondary N) is 1. The van der Waals surface area contributed by atoms with Crippen LogP contribution >= 0.6 is 0 Å². The standard InChI is InChI=1S/C16H13.C13H25NO.C9H7.C2H4.Zr/c1-3-9-15(10-4-1)13-7-8-14-16-11-5-2-6-12-16;14-13(15)12-10-8-6-4-2-1-3-5-7-9-11-12;1-2-5-9-7-3-6-8(9)4-1;1-2;/h1-13H;12H,1-11H2,(H2,14,15);1-7H;1H,2H3;/q;;;;+1/p-1. The molecule has 0 aliphatic heterocycles. The van der Waals surface area contributed by atoms with E-state index in [4.69, 9.17) is 0 Å². The zero-order chi connectivity index (χ0) is 29.7. The van der Waals surface area contributed by atoms with Crippen LogP contribution in [-0.4, -0.2) is 9.62 Å². The van der Waals surface area contributed by atoms with Crippen LogP contribution in [0.25, 0.3) is 15.4 Å². The second-order valence-corrected chi connectivity index (χ2v) is 21.4. The van der Waals surface area contributed by atoms with Crippen molar-refractivity contribution >= 4 is 25.0 Å². The Hall–Kier alpha value is -2.90. The summed E-state index contributed by atoms with van der Waals surface area (Å²) in [5, 5.41) is 0. The molecule has 43 heavy (non-hydrogen) atoms. The minimum atomic E-state index is -3.89. The molecule has 0 heterocycles. The van der Waals surface area contributed by atoms with E-state index in [1.165, 1.54) is 70.5 Å². The van der Waals surface area contributed by atoms with Gasteiger partial charge >= 0.3 is 266 Å². The van der Waals surface area contributed by atoms with E-state index in [1.54, 1.807) is 0 Å². The Kier molecular flexibility index (Phi) is 11.9. The van der Waals surface area contributed by atoms with E-state index < -0.39 is 20.1 Å². The summed E-state index contributed by atoms with van der Waals surface area (Å²) in [5.41, 5.74) is 5.02. The third-order valence-corrected chi connectivity index (χ3v) is 20.3. The number of benzene rings is 3. The summed E-state index contributed by atoms with van der Waals surface area (Å²) in [6.45, 7) is 2.21. The number of allylic oxidation sites excluding steroid dienone is 3. The average molecular weight is 650 g/mol. The van der Waals surface area contributed by atoms with Gasteiger partial charge in [0.1, 0.15) is 0 Å². The molecule has 0 bridgehead atoms. The van der Waals surface area contributed by atoms with Crippen LogP contribution in [0.15, 0.2) is 103 Å². The fourth-order valence-electron chi connectivity index (χ4n) is 7.01. The van der Waals surface area contributed by atoms with Gasteiger partial charge in [-0.1, -0.05) is 0 Å². The molecule has 1 fully saturated rings. The van der Waals surface area contributed by atoms with Crippen molar-refractivity contribution in [3.8, 4) is 0 Å². The average Bonchev–Trinajstić information content (AvgIpc) is 3.48. The molecule has 0 saturated heterocycles. The van der Waals surface area contributed by atoms with E-state index >= 15 is 0 Å². The van der Waals surface area contributed by atoms with E-state index in [0.717, 1.165) is 25.7 Å². The van der Waals surface area contributed by atoms with Gasteiger partial charge in [-0.2, -0.15) is 0 Å². The third-order valence-electron chi connectivity index (χ3n) is 9.43. The molecule has 3 aromatic carbocycles. The molecule has 1 amide bonds. The van der Waals surface area contributed by atoms with Crippen LogP contribution in [0.4, 0.5) is 0 Å². The molecule has 1 saturated carbocycles. The normalized spacial score (nSPS) is 20.0. The molecule has 3 heteroatoms. The molecule has 2 nitrogen and oxygen atoms in total. The van der Waals surface area contributed by atoms with Crippen molar-refractivity contribution < 1.29 is 24.9 Å². The van der Waals surface area contributed by atoms with Gasteiger partial charge in [0.15, 0.2) is 0 Å². The number of rotatable bonds is 7. The second kappa shape index (κ2) is 16.3. The predicted molar refractivity (Wildman–Crippen MR) is 182 cm³/mol. The number of hydrogen-bond donors (Lipinski definition) is 1. The van der Waals surface area contributed by atoms with Crippen molar-refractivity contribution in [2.45, 2.75) is 81.2 Å². The van der Waals surface area contributed by atoms with Crippen LogP contribution in [0.3, 0.4) is 0 Å². The van der Waals surface area contributed by atoms with Gasteiger partial charge in [-0.25, -0.2) is 0 Å². The Morgan fingerprint density at radius 1 is 0.744 bits per heavy atom. The maximum absolute atomic E-state index is 14.5. The van der Waals surface area contributed by atoms with Crippen LogP contribution in [0.5, 0.6) is 0 Å². The topological polar surface area (TPSA) is 29.1 Å². The fraction of sp³-hybridized carbons (Fsp3) is 0.350. The molecule has 0 radical (unpaired) electrons. The van der Waals surface area contributed by atoms with Gasteiger partial charge in [0.05, 0.1) is 0 Å². The summed E-state index contributed by atoms with van der Waals surface area (Å²) in [4.78, 5) is 14.5. The van der Waals surface area contributed by atoms with Crippen molar-refractivity contribution in [2.24, 2.45) is 5.92 Å². The van der Waals surface area contributed by atoms with Gasteiger partial charge in [-0.05, 0) is 0 Å². The second-order valence-electron chi connectivity index (χ2n) is 12.3. The molecule has 223 valence electrons. The molecule has 0 aromatic heterocycles. The summed E-state index contributed by atoms with van der Waals surface area (Å²) in [6, 6.07) is 30.0. The number of carbonyl (C=O) groups is 1. The van der Waals surface area contributed by atoms with Crippen molar-refractivity contribution in [1.82, 2.24) is 3.26 Å². The van der Waals surface area contributed by atoms with Crippen molar-refractivity contribution in [1.29, 1.82) is 0 Å². The van der Waals surface area contributed by atoms with Gasteiger partial charge in [0.2, 0.25) is 0 Å². The first-order chi connectivity index (χ1) is 21.2. The van der Waals surface area contributed by atoms with E-state index in [1.807, 2.05) is 0 Å². The zero-order valence-corrected chi connectivity index (χ0v) is 28.3. The maximum atomic E-state index is 14.5. The molecule has 2 atom stereocenters. The molecule has 1 N–H and O–H groups in total. The Labute approximate surface area is 264 Å². The van der Waals surface area contributed by atoms with E-state index in [2.05, 4.69) is 129 Å². The van der Waals surface area contributed by atoms with Gasteiger partial charge in [-0.3, -0.25) is 0 Å². The predicted octanol–water partition coefficient (Wildman–Crippen LogP) is 10.4. The first-order valence-corrected chi connectivity index (χ1v) is 21.9. The van der Waals surface area contributed by atoms with E-state index in [-0.39, 0.29) is 15.5 Å².